The summed E-state index contributed by atoms with van der Waals surface area (Å²) in [5.41, 5.74) is 2.01. The van der Waals surface area contributed by atoms with Crippen molar-refractivity contribution in [3.63, 3.8) is 0 Å². The predicted molar refractivity (Wildman–Crippen MR) is 65.1 cm³/mol. The molecule has 1 aliphatic rings. The molecule has 1 aromatic heterocycles. The van der Waals surface area contributed by atoms with Crippen LogP contribution in [0.2, 0.25) is 0 Å². The Bertz CT molecular complexity index is 331. The normalized spacial score (nSPS) is 19.6. The Labute approximate surface area is 97.7 Å². The number of hydrogen-bond donors (Lipinski definition) is 1. The van der Waals surface area contributed by atoms with E-state index in [4.69, 9.17) is 0 Å². The zero-order valence-electron chi connectivity index (χ0n) is 10.0. The Morgan fingerprint density at radius 3 is 2.81 bits per heavy atom. The molecule has 0 bridgehead atoms. The monoisotopic (exact) mass is 219 g/mol. The summed E-state index contributed by atoms with van der Waals surface area (Å²) in [7, 11) is 0. The van der Waals surface area contributed by atoms with E-state index in [0.29, 0.717) is 0 Å². The third-order valence-corrected chi connectivity index (χ3v) is 3.59. The van der Waals surface area contributed by atoms with Crippen LogP contribution in [0.15, 0.2) is 18.3 Å². The highest BCUT2D eigenvalue weighted by Gasteiger charge is 2.18. The molecule has 1 N–H and O–H groups in total. The van der Waals surface area contributed by atoms with Crippen molar-refractivity contribution in [2.24, 2.45) is 5.92 Å². The minimum atomic E-state index is -0.301. The number of aliphatic hydroxyl groups excluding tert-OH is 1. The van der Waals surface area contributed by atoms with Crippen molar-refractivity contribution >= 4 is 0 Å². The maximum Gasteiger partial charge on any atom is 0.0793 e. The van der Waals surface area contributed by atoms with Gasteiger partial charge in [0.15, 0.2) is 0 Å². The van der Waals surface area contributed by atoms with E-state index in [1.165, 1.54) is 32.1 Å². The van der Waals surface area contributed by atoms with Gasteiger partial charge in [0.25, 0.3) is 0 Å². The van der Waals surface area contributed by atoms with Crippen LogP contribution in [0.3, 0.4) is 0 Å². The highest BCUT2D eigenvalue weighted by molar-refractivity contribution is 5.17. The van der Waals surface area contributed by atoms with Crippen LogP contribution in [0.5, 0.6) is 0 Å². The number of aryl methyl sites for hydroxylation is 1. The molecule has 1 fully saturated rings. The van der Waals surface area contributed by atoms with Crippen molar-refractivity contribution in [2.75, 3.05) is 0 Å². The summed E-state index contributed by atoms with van der Waals surface area (Å²) >= 11 is 0. The lowest BCUT2D eigenvalue weighted by molar-refractivity contribution is 0.131. The van der Waals surface area contributed by atoms with E-state index < -0.39 is 0 Å². The molecule has 2 nitrogen and oxygen atoms in total. The number of rotatable bonds is 3. The summed E-state index contributed by atoms with van der Waals surface area (Å²) in [5, 5.41) is 10.2. The lowest BCUT2D eigenvalue weighted by atomic mass is 9.84. The molecular formula is C14H21NO. The van der Waals surface area contributed by atoms with E-state index in [1.807, 2.05) is 19.1 Å². The van der Waals surface area contributed by atoms with Gasteiger partial charge in [0.2, 0.25) is 0 Å². The first-order chi connectivity index (χ1) is 7.75. The molecule has 1 atom stereocenters. The van der Waals surface area contributed by atoms with Crippen molar-refractivity contribution in [1.29, 1.82) is 0 Å². The van der Waals surface area contributed by atoms with Crippen LogP contribution >= 0.6 is 0 Å². The second-order valence-electron chi connectivity index (χ2n) is 4.99. The number of pyridine rings is 1. The molecule has 0 saturated heterocycles. The first-order valence-corrected chi connectivity index (χ1v) is 6.36. The molecule has 0 radical (unpaired) electrons. The van der Waals surface area contributed by atoms with Crippen molar-refractivity contribution in [1.82, 2.24) is 4.98 Å². The van der Waals surface area contributed by atoms with Crippen LogP contribution in [-0.4, -0.2) is 10.1 Å². The van der Waals surface area contributed by atoms with Gasteiger partial charge in [-0.25, -0.2) is 0 Å². The zero-order valence-corrected chi connectivity index (χ0v) is 10.0. The maximum atomic E-state index is 10.2. The van der Waals surface area contributed by atoms with E-state index in [-0.39, 0.29) is 6.10 Å². The molecule has 1 saturated carbocycles. The quantitative estimate of drug-likeness (QED) is 0.845. The first kappa shape index (κ1) is 11.6. The fraction of sp³-hybridized carbons (Fsp3) is 0.643. The minimum absolute atomic E-state index is 0.301. The van der Waals surface area contributed by atoms with Crippen LogP contribution < -0.4 is 0 Å². The van der Waals surface area contributed by atoms with Crippen LogP contribution in [0.1, 0.15) is 55.9 Å². The maximum absolute atomic E-state index is 10.2. The van der Waals surface area contributed by atoms with Crippen LogP contribution in [-0.2, 0) is 0 Å². The Hall–Kier alpha value is -0.890. The van der Waals surface area contributed by atoms with Gasteiger partial charge in [-0.05, 0) is 37.0 Å². The van der Waals surface area contributed by atoms with Gasteiger partial charge in [-0.15, -0.1) is 0 Å². The Morgan fingerprint density at radius 1 is 1.38 bits per heavy atom. The van der Waals surface area contributed by atoms with Gasteiger partial charge < -0.3 is 5.11 Å². The van der Waals surface area contributed by atoms with Gasteiger partial charge in [0, 0.05) is 11.9 Å². The fourth-order valence-corrected chi connectivity index (χ4v) is 2.65. The van der Waals surface area contributed by atoms with Gasteiger partial charge in [-0.3, -0.25) is 4.98 Å². The van der Waals surface area contributed by atoms with Crippen LogP contribution in [0, 0.1) is 12.8 Å². The van der Waals surface area contributed by atoms with Crippen molar-refractivity contribution in [3.8, 4) is 0 Å². The molecule has 88 valence electrons. The molecule has 0 spiro atoms. The van der Waals surface area contributed by atoms with E-state index >= 15 is 0 Å². The largest absolute Gasteiger partial charge is 0.388 e. The molecule has 2 rings (SSSR count). The molecule has 16 heavy (non-hydrogen) atoms. The van der Waals surface area contributed by atoms with Crippen molar-refractivity contribution < 1.29 is 5.11 Å². The molecular weight excluding hydrogens is 198 g/mol. The van der Waals surface area contributed by atoms with Crippen molar-refractivity contribution in [3.05, 3.63) is 29.6 Å². The van der Waals surface area contributed by atoms with Gasteiger partial charge >= 0.3 is 0 Å². The summed E-state index contributed by atoms with van der Waals surface area (Å²) in [4.78, 5) is 4.16. The molecule has 1 heterocycles. The van der Waals surface area contributed by atoms with Gasteiger partial charge in [0.05, 0.1) is 6.10 Å². The van der Waals surface area contributed by atoms with Gasteiger partial charge in [-0.2, -0.15) is 0 Å². The van der Waals surface area contributed by atoms with Crippen LogP contribution in [0.25, 0.3) is 0 Å². The van der Waals surface area contributed by atoms with Gasteiger partial charge in [-0.1, -0.05) is 32.1 Å². The lowest BCUT2D eigenvalue weighted by Crippen LogP contribution is -2.11. The summed E-state index contributed by atoms with van der Waals surface area (Å²) in [5.74, 6) is 0.720. The molecule has 0 aliphatic heterocycles. The molecule has 2 heteroatoms. The van der Waals surface area contributed by atoms with Crippen LogP contribution in [0.4, 0.5) is 0 Å². The highest BCUT2D eigenvalue weighted by atomic mass is 16.3. The number of nitrogens with zero attached hydrogens (tertiary/aromatic N) is 1. The minimum Gasteiger partial charge on any atom is -0.388 e. The molecule has 1 aromatic rings. The topological polar surface area (TPSA) is 33.1 Å². The second kappa shape index (κ2) is 5.44. The summed E-state index contributed by atoms with van der Waals surface area (Å²) in [6, 6.07) is 3.92. The zero-order chi connectivity index (χ0) is 11.4. The van der Waals surface area contributed by atoms with Crippen molar-refractivity contribution in [2.45, 2.75) is 51.6 Å². The fourth-order valence-electron chi connectivity index (χ4n) is 2.65. The molecule has 1 aliphatic carbocycles. The Kier molecular flexibility index (Phi) is 3.94. The molecule has 0 amide bonds. The third kappa shape index (κ3) is 3.05. The smallest absolute Gasteiger partial charge is 0.0793 e. The van der Waals surface area contributed by atoms with E-state index in [9.17, 15) is 5.11 Å². The molecule has 0 aromatic carbocycles. The number of aromatic nitrogens is 1. The number of hydrogen-bond acceptors (Lipinski definition) is 2. The second-order valence-corrected chi connectivity index (χ2v) is 4.99. The average molecular weight is 219 g/mol. The van der Waals surface area contributed by atoms with E-state index in [1.54, 1.807) is 6.20 Å². The first-order valence-electron chi connectivity index (χ1n) is 6.36. The summed E-state index contributed by atoms with van der Waals surface area (Å²) in [6.07, 6.45) is 9.05. The van der Waals surface area contributed by atoms with Gasteiger partial charge in [0.1, 0.15) is 0 Å². The van der Waals surface area contributed by atoms with E-state index in [0.717, 1.165) is 23.6 Å². The Balaban J connectivity index is 1.94. The number of aliphatic hydroxyl groups is 1. The summed E-state index contributed by atoms with van der Waals surface area (Å²) < 4.78 is 0. The molecule has 1 unspecified atom stereocenters. The average Bonchev–Trinajstić information content (AvgIpc) is 2.30. The predicted octanol–water partition coefficient (Wildman–Crippen LogP) is 3.39. The Morgan fingerprint density at radius 2 is 2.12 bits per heavy atom. The third-order valence-electron chi connectivity index (χ3n) is 3.59. The SMILES string of the molecule is Cc1cc(C(O)CC2CCCCC2)ccn1. The lowest BCUT2D eigenvalue weighted by Gasteiger charge is -2.24. The van der Waals surface area contributed by atoms with E-state index in [2.05, 4.69) is 4.98 Å². The standard InChI is InChI=1S/C14H21NO/c1-11-9-13(7-8-15-11)14(16)10-12-5-3-2-4-6-12/h7-9,12,14,16H,2-6,10H2,1H3. The highest BCUT2D eigenvalue weighted by Crippen LogP contribution is 2.31. The summed E-state index contributed by atoms with van der Waals surface area (Å²) in [6.45, 7) is 1.97.